The fourth-order valence-electron chi connectivity index (χ4n) is 5.55. The number of fused-ring (bicyclic) bond motifs is 3. The van der Waals surface area contributed by atoms with Crippen molar-refractivity contribution in [1.29, 1.82) is 0 Å². The first-order valence-electron chi connectivity index (χ1n) is 8.88. The molecule has 0 aromatic carbocycles. The van der Waals surface area contributed by atoms with Crippen LogP contribution in [0.3, 0.4) is 0 Å². The second-order valence-electron chi connectivity index (χ2n) is 8.93. The van der Waals surface area contributed by atoms with Gasteiger partial charge >= 0.3 is 5.97 Å². The smallest absolute Gasteiger partial charge is 0.313 e. The number of ketones is 1. The zero-order valence-corrected chi connectivity index (χ0v) is 14.9. The fraction of sp³-hybridized carbons (Fsp3) is 0.700. The van der Waals surface area contributed by atoms with Crippen molar-refractivity contribution in [2.75, 3.05) is 0 Å². The Balaban J connectivity index is 2.24. The van der Waals surface area contributed by atoms with Gasteiger partial charge in [-0.2, -0.15) is 0 Å². The van der Waals surface area contributed by atoms with E-state index < -0.39 is 17.0 Å². The van der Waals surface area contributed by atoms with Gasteiger partial charge < -0.3 is 10.2 Å². The maximum absolute atomic E-state index is 12.9. The second kappa shape index (κ2) is 5.04. The molecular formula is C20H28O4. The van der Waals surface area contributed by atoms with Crippen LogP contribution in [-0.2, 0) is 9.59 Å². The van der Waals surface area contributed by atoms with E-state index in [1.165, 1.54) is 0 Å². The van der Waals surface area contributed by atoms with Gasteiger partial charge in [-0.1, -0.05) is 39.3 Å². The monoisotopic (exact) mass is 332 g/mol. The Hall–Kier alpha value is -1.42. The zero-order chi connectivity index (χ0) is 18.0. The summed E-state index contributed by atoms with van der Waals surface area (Å²) in [6.07, 6.45) is 6.77. The molecule has 2 N–H and O–H groups in total. The van der Waals surface area contributed by atoms with Gasteiger partial charge in [0, 0.05) is 17.4 Å². The average Bonchev–Trinajstić information content (AvgIpc) is 2.50. The molecule has 2 fully saturated rings. The Morgan fingerprint density at radius 2 is 1.92 bits per heavy atom. The first-order valence-corrected chi connectivity index (χ1v) is 8.88. The number of rotatable bonds is 2. The highest BCUT2D eigenvalue weighted by Crippen LogP contribution is 2.65. The largest absolute Gasteiger partial charge is 0.481 e. The van der Waals surface area contributed by atoms with Gasteiger partial charge in [-0.25, -0.2) is 0 Å². The molecular weight excluding hydrogens is 304 g/mol. The molecule has 0 aromatic heterocycles. The van der Waals surface area contributed by atoms with Crippen LogP contribution in [0.25, 0.3) is 0 Å². The molecule has 24 heavy (non-hydrogen) atoms. The van der Waals surface area contributed by atoms with Crippen LogP contribution < -0.4 is 0 Å². The Bertz CT molecular complexity index is 646. The highest BCUT2D eigenvalue weighted by molar-refractivity contribution is 6.02. The number of aliphatic hydroxyl groups is 1. The number of carbonyl (C=O) groups is 2. The molecule has 0 amide bonds. The van der Waals surface area contributed by atoms with Crippen molar-refractivity contribution >= 4 is 11.8 Å². The molecule has 3 aliphatic rings. The van der Waals surface area contributed by atoms with Crippen molar-refractivity contribution in [3.8, 4) is 0 Å². The highest BCUT2D eigenvalue weighted by Gasteiger charge is 2.70. The minimum absolute atomic E-state index is 0.0953. The average molecular weight is 332 g/mol. The van der Waals surface area contributed by atoms with Crippen molar-refractivity contribution < 1.29 is 19.8 Å². The molecule has 2 saturated carbocycles. The van der Waals surface area contributed by atoms with Crippen LogP contribution in [-0.4, -0.2) is 27.6 Å². The van der Waals surface area contributed by atoms with Crippen LogP contribution in [0.1, 0.15) is 59.3 Å². The van der Waals surface area contributed by atoms with Crippen LogP contribution in [0, 0.1) is 22.2 Å². The Kier molecular flexibility index (Phi) is 3.66. The van der Waals surface area contributed by atoms with Crippen LogP contribution in [0.4, 0.5) is 0 Å². The molecule has 0 unspecified atom stereocenters. The SMILES string of the molecule is C=C[C@]1(C)C=C2C(=O)C[C@H]3C(C)(C)CCC[C@@]3(C(=O)O)[C@@]2(O)CC1. The summed E-state index contributed by atoms with van der Waals surface area (Å²) in [5.41, 5.74) is -3.16. The van der Waals surface area contributed by atoms with Gasteiger partial charge in [0.15, 0.2) is 5.78 Å². The summed E-state index contributed by atoms with van der Waals surface area (Å²) in [6.45, 7) is 9.90. The molecule has 0 aromatic rings. The summed E-state index contributed by atoms with van der Waals surface area (Å²) in [5, 5.41) is 21.8. The summed E-state index contributed by atoms with van der Waals surface area (Å²) in [7, 11) is 0. The fourth-order valence-corrected chi connectivity index (χ4v) is 5.55. The van der Waals surface area contributed by atoms with E-state index in [0.717, 1.165) is 12.8 Å². The maximum atomic E-state index is 12.9. The highest BCUT2D eigenvalue weighted by atomic mass is 16.4. The number of hydrogen-bond acceptors (Lipinski definition) is 3. The quantitative estimate of drug-likeness (QED) is 0.759. The Labute approximate surface area is 143 Å². The molecule has 0 spiro atoms. The lowest BCUT2D eigenvalue weighted by molar-refractivity contribution is -0.202. The van der Waals surface area contributed by atoms with Crippen LogP contribution in [0.15, 0.2) is 24.3 Å². The van der Waals surface area contributed by atoms with Crippen molar-refractivity contribution in [1.82, 2.24) is 0 Å². The molecule has 3 rings (SSSR count). The summed E-state index contributed by atoms with van der Waals surface area (Å²) < 4.78 is 0. The third-order valence-electron chi connectivity index (χ3n) is 7.15. The number of Topliss-reactive ketones (excluding diaryl/α,β-unsaturated/α-hetero) is 1. The molecule has 0 heterocycles. The molecule has 3 aliphatic carbocycles. The van der Waals surface area contributed by atoms with E-state index in [1.54, 1.807) is 12.2 Å². The van der Waals surface area contributed by atoms with Crippen LogP contribution >= 0.6 is 0 Å². The molecule has 4 heteroatoms. The molecule has 4 nitrogen and oxygen atoms in total. The van der Waals surface area contributed by atoms with Gasteiger partial charge in [-0.3, -0.25) is 9.59 Å². The normalized spacial score (nSPS) is 44.1. The Morgan fingerprint density at radius 3 is 2.50 bits per heavy atom. The van der Waals surface area contributed by atoms with Gasteiger partial charge in [0.25, 0.3) is 0 Å². The van der Waals surface area contributed by atoms with E-state index in [1.807, 2.05) is 20.8 Å². The third-order valence-corrected chi connectivity index (χ3v) is 7.15. The first kappa shape index (κ1) is 17.4. The number of carboxylic acids is 1. The Morgan fingerprint density at radius 1 is 1.25 bits per heavy atom. The van der Waals surface area contributed by atoms with Crippen molar-refractivity contribution in [2.24, 2.45) is 22.2 Å². The lowest BCUT2D eigenvalue weighted by Gasteiger charge is -2.61. The van der Waals surface area contributed by atoms with E-state index >= 15 is 0 Å². The van der Waals surface area contributed by atoms with Crippen LogP contribution in [0.2, 0.25) is 0 Å². The van der Waals surface area contributed by atoms with Gasteiger partial charge in [0.2, 0.25) is 0 Å². The van der Waals surface area contributed by atoms with E-state index in [2.05, 4.69) is 6.58 Å². The number of carboxylic acid groups (broad SMARTS) is 1. The molecule has 4 atom stereocenters. The van der Waals surface area contributed by atoms with Crippen molar-refractivity contribution in [3.05, 3.63) is 24.3 Å². The summed E-state index contributed by atoms with van der Waals surface area (Å²) in [5.74, 6) is -1.38. The van der Waals surface area contributed by atoms with Crippen molar-refractivity contribution in [2.45, 2.75) is 64.9 Å². The zero-order valence-electron chi connectivity index (χ0n) is 14.9. The molecule has 0 bridgehead atoms. The van der Waals surface area contributed by atoms with Crippen LogP contribution in [0.5, 0.6) is 0 Å². The lowest BCUT2D eigenvalue weighted by atomic mass is 9.42. The van der Waals surface area contributed by atoms with Gasteiger partial charge in [0.05, 0.1) is 0 Å². The van der Waals surface area contributed by atoms with Gasteiger partial charge in [-0.15, -0.1) is 6.58 Å². The predicted octanol–water partition coefficient (Wildman–Crippen LogP) is 3.50. The van der Waals surface area contributed by atoms with E-state index in [4.69, 9.17) is 0 Å². The maximum Gasteiger partial charge on any atom is 0.313 e. The summed E-state index contributed by atoms with van der Waals surface area (Å²) in [6, 6.07) is 0. The number of allylic oxidation sites excluding steroid dienone is 2. The summed E-state index contributed by atoms with van der Waals surface area (Å²) >= 11 is 0. The number of aliphatic carboxylic acids is 1. The summed E-state index contributed by atoms with van der Waals surface area (Å²) in [4.78, 5) is 25.4. The van der Waals surface area contributed by atoms with E-state index in [-0.39, 0.29) is 29.0 Å². The van der Waals surface area contributed by atoms with Gasteiger partial charge in [-0.05, 0) is 37.0 Å². The molecule has 132 valence electrons. The number of hydrogen-bond donors (Lipinski definition) is 2. The third kappa shape index (κ3) is 2.01. The lowest BCUT2D eigenvalue weighted by Crippen LogP contribution is -2.67. The minimum Gasteiger partial charge on any atom is -0.481 e. The predicted molar refractivity (Wildman–Crippen MR) is 91.4 cm³/mol. The molecule has 0 aliphatic heterocycles. The second-order valence-corrected chi connectivity index (χ2v) is 8.93. The molecule has 0 saturated heterocycles. The van der Waals surface area contributed by atoms with E-state index in [0.29, 0.717) is 24.8 Å². The number of carbonyl (C=O) groups excluding carboxylic acids is 1. The first-order chi connectivity index (χ1) is 11.0. The topological polar surface area (TPSA) is 74.6 Å². The van der Waals surface area contributed by atoms with Crippen molar-refractivity contribution in [3.63, 3.8) is 0 Å². The van der Waals surface area contributed by atoms with Gasteiger partial charge in [0.1, 0.15) is 11.0 Å². The minimum atomic E-state index is -1.57. The molecule has 0 radical (unpaired) electrons. The van der Waals surface area contributed by atoms with E-state index in [9.17, 15) is 19.8 Å². The standard InChI is InChI=1S/C20H28O4/c1-5-18(4)9-10-20(24)13(12-18)14(21)11-15-17(2,3)7-6-8-19(15,20)16(22)23/h5,12,15,24H,1,6-11H2,2-4H3,(H,22,23)/t15-,18-,19+,20+/m0/s1.